The lowest BCUT2D eigenvalue weighted by Gasteiger charge is -1.95. The Balaban J connectivity index is 4.16. The summed E-state index contributed by atoms with van der Waals surface area (Å²) in [7, 11) is 1.24. The number of carbonyl (C=O) groups excluding carboxylic acids is 1. The number of methoxy groups -OCH3 is 1. The van der Waals surface area contributed by atoms with Crippen molar-refractivity contribution in [1.82, 2.24) is 0 Å². The molecule has 1 N–H and O–H groups in total. The highest BCUT2D eigenvalue weighted by molar-refractivity contribution is 5.82. The third kappa shape index (κ3) is 2.91. The first-order chi connectivity index (χ1) is 4.57. The number of hydrogen-bond acceptors (Lipinski definition) is 3. The Hall–Kier alpha value is -1.25. The number of esters is 1. The molecule has 10 heavy (non-hydrogen) atoms. The number of hydrogen-bond donors (Lipinski definition) is 1. The van der Waals surface area contributed by atoms with E-state index in [1.165, 1.54) is 7.11 Å². The standard InChI is InChI=1S/C7H10O3/c1-5(2)6(8)4-7(9)10-3/h4,8H,1H2,2-3H3/b6-4-. The van der Waals surface area contributed by atoms with Crippen LogP contribution in [0.25, 0.3) is 0 Å². The molecule has 56 valence electrons. The summed E-state index contributed by atoms with van der Waals surface area (Å²) in [5.74, 6) is -0.729. The predicted octanol–water partition coefficient (Wildman–Crippen LogP) is 1.18. The highest BCUT2D eigenvalue weighted by Gasteiger charge is 1.98. The van der Waals surface area contributed by atoms with Gasteiger partial charge >= 0.3 is 5.97 Å². The van der Waals surface area contributed by atoms with Gasteiger partial charge in [0, 0.05) is 0 Å². The van der Waals surface area contributed by atoms with Crippen molar-refractivity contribution in [3.8, 4) is 0 Å². The average molecular weight is 142 g/mol. The molecule has 0 heterocycles. The van der Waals surface area contributed by atoms with Gasteiger partial charge in [-0.25, -0.2) is 4.79 Å². The van der Waals surface area contributed by atoms with Crippen LogP contribution in [-0.2, 0) is 9.53 Å². The fraction of sp³-hybridized carbons (Fsp3) is 0.286. The Morgan fingerprint density at radius 2 is 2.20 bits per heavy atom. The fourth-order valence-electron chi connectivity index (χ4n) is 0.294. The zero-order chi connectivity index (χ0) is 8.15. The third-order valence-corrected chi connectivity index (χ3v) is 0.893. The Bertz CT molecular complexity index is 179. The molecule has 3 nitrogen and oxygen atoms in total. The van der Waals surface area contributed by atoms with Crippen LogP contribution in [0.1, 0.15) is 6.92 Å². The van der Waals surface area contributed by atoms with Crippen molar-refractivity contribution >= 4 is 5.97 Å². The molecule has 0 aromatic heterocycles. The lowest BCUT2D eigenvalue weighted by molar-refractivity contribution is -0.135. The van der Waals surface area contributed by atoms with Crippen molar-refractivity contribution in [2.24, 2.45) is 0 Å². The van der Waals surface area contributed by atoms with Gasteiger partial charge in [-0.05, 0) is 12.5 Å². The number of ether oxygens (including phenoxy) is 1. The van der Waals surface area contributed by atoms with E-state index in [0.29, 0.717) is 5.57 Å². The molecule has 0 amide bonds. The normalized spacial score (nSPS) is 10.8. The van der Waals surface area contributed by atoms with Crippen LogP contribution in [-0.4, -0.2) is 18.2 Å². The molecule has 0 saturated carbocycles. The van der Waals surface area contributed by atoms with Crippen LogP contribution in [0.3, 0.4) is 0 Å². The molecule has 0 aromatic rings. The Morgan fingerprint density at radius 3 is 2.50 bits per heavy atom. The molecule has 3 heteroatoms. The van der Waals surface area contributed by atoms with E-state index in [4.69, 9.17) is 5.11 Å². The van der Waals surface area contributed by atoms with Crippen molar-refractivity contribution in [3.63, 3.8) is 0 Å². The van der Waals surface area contributed by atoms with Crippen molar-refractivity contribution < 1.29 is 14.6 Å². The van der Waals surface area contributed by atoms with Crippen molar-refractivity contribution in [2.45, 2.75) is 6.92 Å². The Morgan fingerprint density at radius 1 is 1.70 bits per heavy atom. The maximum atomic E-state index is 10.4. The molecular formula is C7H10O3. The van der Waals surface area contributed by atoms with E-state index in [2.05, 4.69) is 11.3 Å². The summed E-state index contributed by atoms with van der Waals surface area (Å²) in [5, 5.41) is 8.89. The van der Waals surface area contributed by atoms with Crippen LogP contribution in [0.2, 0.25) is 0 Å². The first-order valence-corrected chi connectivity index (χ1v) is 2.72. The average Bonchev–Trinajstić information content (AvgIpc) is 1.87. The summed E-state index contributed by atoms with van der Waals surface area (Å²) in [5.41, 5.74) is 0.436. The van der Waals surface area contributed by atoms with Crippen LogP contribution in [0.4, 0.5) is 0 Å². The van der Waals surface area contributed by atoms with Crippen LogP contribution < -0.4 is 0 Å². The molecule has 0 aliphatic heterocycles. The molecule has 0 rings (SSSR count). The van der Waals surface area contributed by atoms with E-state index >= 15 is 0 Å². The van der Waals surface area contributed by atoms with E-state index < -0.39 is 5.97 Å². The van der Waals surface area contributed by atoms with Gasteiger partial charge in [0.15, 0.2) is 0 Å². The lowest BCUT2D eigenvalue weighted by Crippen LogP contribution is -1.97. The number of aliphatic hydroxyl groups excluding tert-OH is 1. The SMILES string of the molecule is C=C(C)/C(O)=C/C(=O)OC. The van der Waals surface area contributed by atoms with Crippen molar-refractivity contribution in [3.05, 3.63) is 24.0 Å². The minimum atomic E-state index is -0.583. The van der Waals surface area contributed by atoms with Gasteiger partial charge in [0.25, 0.3) is 0 Å². The number of aliphatic hydroxyl groups is 1. The highest BCUT2D eigenvalue weighted by atomic mass is 16.5. The second-order valence-corrected chi connectivity index (χ2v) is 1.83. The maximum Gasteiger partial charge on any atom is 0.334 e. The van der Waals surface area contributed by atoms with Crippen LogP contribution in [0.15, 0.2) is 24.0 Å². The summed E-state index contributed by atoms with van der Waals surface area (Å²) in [6.45, 7) is 5.01. The maximum absolute atomic E-state index is 10.4. The molecule has 0 radical (unpaired) electrons. The molecule has 0 unspecified atom stereocenters. The monoisotopic (exact) mass is 142 g/mol. The van der Waals surface area contributed by atoms with Crippen LogP contribution in [0.5, 0.6) is 0 Å². The smallest absolute Gasteiger partial charge is 0.334 e. The van der Waals surface area contributed by atoms with E-state index in [9.17, 15) is 4.79 Å². The lowest BCUT2D eigenvalue weighted by atomic mass is 10.3. The van der Waals surface area contributed by atoms with E-state index in [-0.39, 0.29) is 5.76 Å². The Labute approximate surface area is 59.6 Å². The molecule has 0 aromatic carbocycles. The van der Waals surface area contributed by atoms with E-state index in [0.717, 1.165) is 6.08 Å². The fourth-order valence-corrected chi connectivity index (χ4v) is 0.294. The van der Waals surface area contributed by atoms with Gasteiger partial charge < -0.3 is 9.84 Å². The summed E-state index contributed by atoms with van der Waals surface area (Å²) >= 11 is 0. The molecule has 0 atom stereocenters. The second-order valence-electron chi connectivity index (χ2n) is 1.83. The van der Waals surface area contributed by atoms with Gasteiger partial charge in [0.2, 0.25) is 0 Å². The van der Waals surface area contributed by atoms with Crippen molar-refractivity contribution in [1.29, 1.82) is 0 Å². The first kappa shape index (κ1) is 8.75. The van der Waals surface area contributed by atoms with Crippen LogP contribution in [0, 0.1) is 0 Å². The summed E-state index contributed by atoms with van der Waals surface area (Å²) in [4.78, 5) is 10.4. The van der Waals surface area contributed by atoms with Gasteiger partial charge in [-0.2, -0.15) is 0 Å². The van der Waals surface area contributed by atoms with E-state index in [1.807, 2.05) is 0 Å². The molecule has 0 bridgehead atoms. The van der Waals surface area contributed by atoms with Crippen molar-refractivity contribution in [2.75, 3.05) is 7.11 Å². The molecule has 0 saturated heterocycles. The number of rotatable bonds is 2. The molecule has 0 aliphatic rings. The minimum absolute atomic E-state index is 0.146. The van der Waals surface area contributed by atoms with Gasteiger partial charge in [-0.1, -0.05) is 6.58 Å². The largest absolute Gasteiger partial charge is 0.507 e. The highest BCUT2D eigenvalue weighted by Crippen LogP contribution is 2.00. The zero-order valence-corrected chi connectivity index (χ0v) is 6.05. The molecule has 0 spiro atoms. The molecule has 0 aliphatic carbocycles. The second kappa shape index (κ2) is 3.71. The van der Waals surface area contributed by atoms with Gasteiger partial charge in [0.1, 0.15) is 5.76 Å². The van der Waals surface area contributed by atoms with Gasteiger partial charge in [0.05, 0.1) is 13.2 Å². The minimum Gasteiger partial charge on any atom is -0.507 e. The Kier molecular flexibility index (Phi) is 3.25. The topological polar surface area (TPSA) is 46.5 Å². The van der Waals surface area contributed by atoms with Crippen LogP contribution >= 0.6 is 0 Å². The van der Waals surface area contributed by atoms with Gasteiger partial charge in [-0.15, -0.1) is 0 Å². The summed E-state index contributed by atoms with van der Waals surface area (Å²) < 4.78 is 4.25. The first-order valence-electron chi connectivity index (χ1n) is 2.72. The quantitative estimate of drug-likeness (QED) is 0.272. The summed E-state index contributed by atoms with van der Waals surface area (Å²) in [6, 6.07) is 0. The zero-order valence-electron chi connectivity index (χ0n) is 6.05. The van der Waals surface area contributed by atoms with E-state index in [1.54, 1.807) is 6.92 Å². The number of carbonyl (C=O) groups is 1. The molecule has 0 fully saturated rings. The summed E-state index contributed by atoms with van der Waals surface area (Å²) in [6.07, 6.45) is 0.975. The third-order valence-electron chi connectivity index (χ3n) is 0.893. The van der Waals surface area contributed by atoms with Gasteiger partial charge in [-0.3, -0.25) is 0 Å². The molecular weight excluding hydrogens is 132 g/mol. The number of allylic oxidation sites excluding steroid dienone is 1. The predicted molar refractivity (Wildman–Crippen MR) is 37.5 cm³/mol.